The zero-order valence-corrected chi connectivity index (χ0v) is 12.0. The predicted octanol–water partition coefficient (Wildman–Crippen LogP) is 3.22. The van der Waals surface area contributed by atoms with Crippen molar-refractivity contribution < 1.29 is 18.7 Å². The molecule has 5 heteroatoms. The molecule has 1 atom stereocenters. The molecule has 0 aliphatic carbocycles. The number of hydrogen-bond donors (Lipinski definition) is 0. The second kappa shape index (κ2) is 6.09. The van der Waals surface area contributed by atoms with E-state index in [9.17, 15) is 14.0 Å². The molecule has 1 unspecified atom stereocenters. The van der Waals surface area contributed by atoms with Crippen LogP contribution in [0.3, 0.4) is 0 Å². The largest absolute Gasteiger partial charge is 0.468 e. The summed E-state index contributed by atoms with van der Waals surface area (Å²) in [6.45, 7) is 3.52. The van der Waals surface area contributed by atoms with Crippen LogP contribution in [0.2, 0.25) is 0 Å². The van der Waals surface area contributed by atoms with Gasteiger partial charge in [0.05, 0.1) is 11.6 Å². The molecule has 0 saturated heterocycles. The quantitative estimate of drug-likeness (QED) is 0.486. The summed E-state index contributed by atoms with van der Waals surface area (Å²) < 4.78 is 17.9. The van der Waals surface area contributed by atoms with Crippen LogP contribution < -0.4 is 0 Å². The number of Topliss-reactive ketones (excluding diaryl/α,β-unsaturated/α-hetero) is 1. The minimum absolute atomic E-state index is 0.186. The topological polar surface area (TPSA) is 43.4 Å². The maximum atomic E-state index is 13.1. The lowest BCUT2D eigenvalue weighted by atomic mass is 9.88. The van der Waals surface area contributed by atoms with Crippen molar-refractivity contribution in [1.82, 2.24) is 0 Å². The fourth-order valence-corrected chi connectivity index (χ4v) is 2.02. The minimum atomic E-state index is -0.868. The summed E-state index contributed by atoms with van der Waals surface area (Å²) in [6.07, 6.45) is 0. The number of methoxy groups -OCH3 is 1. The van der Waals surface area contributed by atoms with Gasteiger partial charge in [-0.3, -0.25) is 9.59 Å². The molecule has 0 N–H and O–H groups in total. The average Bonchev–Trinajstić information content (AvgIpc) is 2.32. The Labute approximate surface area is 113 Å². The van der Waals surface area contributed by atoms with Gasteiger partial charge in [0.1, 0.15) is 11.7 Å². The van der Waals surface area contributed by atoms with Crippen molar-refractivity contribution in [3.63, 3.8) is 0 Å². The van der Waals surface area contributed by atoms with E-state index in [0.29, 0.717) is 0 Å². The number of ketones is 1. The highest BCUT2D eigenvalue weighted by molar-refractivity contribution is 9.10. The summed E-state index contributed by atoms with van der Waals surface area (Å²) in [5.41, 5.74) is 0.285. The van der Waals surface area contributed by atoms with Gasteiger partial charge in [0.15, 0.2) is 5.78 Å². The molecular formula is C13H14BrFO3. The molecule has 0 spiro atoms. The SMILES string of the molecule is COC(=O)C(C(=O)c1ccc(F)c(Br)c1)C(C)C. The van der Waals surface area contributed by atoms with Gasteiger partial charge < -0.3 is 4.74 Å². The van der Waals surface area contributed by atoms with Crippen molar-refractivity contribution >= 4 is 27.7 Å². The van der Waals surface area contributed by atoms with Crippen molar-refractivity contribution in [2.24, 2.45) is 11.8 Å². The lowest BCUT2D eigenvalue weighted by Crippen LogP contribution is -2.30. The van der Waals surface area contributed by atoms with Gasteiger partial charge in [-0.25, -0.2) is 4.39 Å². The van der Waals surface area contributed by atoms with Crippen LogP contribution in [-0.4, -0.2) is 18.9 Å². The first kappa shape index (κ1) is 14.8. The number of rotatable bonds is 4. The molecule has 0 heterocycles. The van der Waals surface area contributed by atoms with Crippen LogP contribution in [0.4, 0.5) is 4.39 Å². The summed E-state index contributed by atoms with van der Waals surface area (Å²) in [4.78, 5) is 23.8. The average molecular weight is 317 g/mol. The van der Waals surface area contributed by atoms with Crippen molar-refractivity contribution in [2.45, 2.75) is 13.8 Å². The van der Waals surface area contributed by atoms with E-state index in [1.807, 2.05) is 0 Å². The smallest absolute Gasteiger partial charge is 0.316 e. The highest BCUT2D eigenvalue weighted by Crippen LogP contribution is 2.23. The number of hydrogen-bond acceptors (Lipinski definition) is 3. The summed E-state index contributed by atoms with van der Waals surface area (Å²) in [7, 11) is 1.24. The fourth-order valence-electron chi connectivity index (χ4n) is 1.64. The molecule has 0 aromatic heterocycles. The van der Waals surface area contributed by atoms with Gasteiger partial charge in [0, 0.05) is 5.56 Å². The Balaban J connectivity index is 3.10. The fraction of sp³-hybridized carbons (Fsp3) is 0.385. The van der Waals surface area contributed by atoms with E-state index in [1.54, 1.807) is 13.8 Å². The van der Waals surface area contributed by atoms with E-state index in [-0.39, 0.29) is 21.7 Å². The van der Waals surface area contributed by atoms with Crippen molar-refractivity contribution in [3.8, 4) is 0 Å². The zero-order valence-electron chi connectivity index (χ0n) is 10.4. The molecular weight excluding hydrogens is 303 g/mol. The van der Waals surface area contributed by atoms with E-state index in [1.165, 1.54) is 25.3 Å². The van der Waals surface area contributed by atoms with Gasteiger partial charge in [-0.15, -0.1) is 0 Å². The van der Waals surface area contributed by atoms with Crippen LogP contribution in [0.5, 0.6) is 0 Å². The highest BCUT2D eigenvalue weighted by atomic mass is 79.9. The van der Waals surface area contributed by atoms with Gasteiger partial charge >= 0.3 is 5.97 Å². The van der Waals surface area contributed by atoms with Crippen molar-refractivity contribution in [1.29, 1.82) is 0 Å². The minimum Gasteiger partial charge on any atom is -0.468 e. The normalized spacial score (nSPS) is 12.3. The number of ether oxygens (including phenoxy) is 1. The standard InChI is InChI=1S/C13H14BrFO3/c1-7(2)11(13(17)18-3)12(16)8-4-5-10(15)9(14)6-8/h4-7,11H,1-3H3. The Morgan fingerprint density at radius 3 is 2.39 bits per heavy atom. The van der Waals surface area contributed by atoms with Crippen LogP contribution >= 0.6 is 15.9 Å². The lowest BCUT2D eigenvalue weighted by molar-refractivity contribution is -0.144. The molecule has 0 radical (unpaired) electrons. The van der Waals surface area contributed by atoms with Gasteiger partial charge in [-0.1, -0.05) is 13.8 Å². The van der Waals surface area contributed by atoms with Gasteiger partial charge in [0.2, 0.25) is 0 Å². The van der Waals surface area contributed by atoms with E-state index in [0.717, 1.165) is 0 Å². The third kappa shape index (κ3) is 3.16. The molecule has 98 valence electrons. The van der Waals surface area contributed by atoms with Crippen LogP contribution in [-0.2, 0) is 9.53 Å². The number of benzene rings is 1. The van der Waals surface area contributed by atoms with Crippen LogP contribution in [0, 0.1) is 17.7 Å². The van der Waals surface area contributed by atoms with Crippen LogP contribution in [0.1, 0.15) is 24.2 Å². The lowest BCUT2D eigenvalue weighted by Gasteiger charge is -2.17. The molecule has 0 saturated carbocycles. The molecule has 18 heavy (non-hydrogen) atoms. The molecule has 0 aliphatic heterocycles. The molecule has 0 bridgehead atoms. The third-order valence-electron chi connectivity index (χ3n) is 2.61. The first-order valence-electron chi connectivity index (χ1n) is 5.45. The van der Waals surface area contributed by atoms with E-state index < -0.39 is 17.7 Å². The van der Waals surface area contributed by atoms with Crippen LogP contribution in [0.25, 0.3) is 0 Å². The maximum absolute atomic E-state index is 13.1. The molecule has 0 aliphatic rings. The van der Waals surface area contributed by atoms with E-state index >= 15 is 0 Å². The third-order valence-corrected chi connectivity index (χ3v) is 3.22. The number of halogens is 2. The maximum Gasteiger partial charge on any atom is 0.316 e. The Hall–Kier alpha value is -1.23. The van der Waals surface area contributed by atoms with Gasteiger partial charge in [-0.2, -0.15) is 0 Å². The molecule has 0 fully saturated rings. The summed E-state index contributed by atoms with van der Waals surface area (Å²) in [5, 5.41) is 0. The number of carbonyl (C=O) groups excluding carboxylic acids is 2. The number of carbonyl (C=O) groups is 2. The highest BCUT2D eigenvalue weighted by Gasteiger charge is 2.31. The predicted molar refractivity (Wildman–Crippen MR) is 68.8 cm³/mol. The summed E-state index contributed by atoms with van der Waals surface area (Å²) >= 11 is 3.01. The Morgan fingerprint density at radius 2 is 1.94 bits per heavy atom. The first-order chi connectivity index (χ1) is 8.38. The monoisotopic (exact) mass is 316 g/mol. The Morgan fingerprint density at radius 1 is 1.33 bits per heavy atom. The van der Waals surface area contributed by atoms with Gasteiger partial charge in [-0.05, 0) is 40.0 Å². The van der Waals surface area contributed by atoms with E-state index in [4.69, 9.17) is 0 Å². The van der Waals surface area contributed by atoms with E-state index in [2.05, 4.69) is 20.7 Å². The van der Waals surface area contributed by atoms with Gasteiger partial charge in [0.25, 0.3) is 0 Å². The summed E-state index contributed by atoms with van der Waals surface area (Å²) in [6, 6.07) is 3.92. The Bertz CT molecular complexity index is 471. The molecule has 1 aromatic rings. The zero-order chi connectivity index (χ0) is 13.9. The van der Waals surface area contributed by atoms with Crippen LogP contribution in [0.15, 0.2) is 22.7 Å². The second-order valence-corrected chi connectivity index (χ2v) is 5.09. The molecule has 1 aromatic carbocycles. The molecule has 0 amide bonds. The summed E-state index contributed by atoms with van der Waals surface area (Å²) in [5.74, 6) is -2.44. The Kier molecular flexibility index (Phi) is 5.02. The molecule has 1 rings (SSSR count). The van der Waals surface area contributed by atoms with Crippen molar-refractivity contribution in [3.05, 3.63) is 34.1 Å². The first-order valence-corrected chi connectivity index (χ1v) is 6.25. The second-order valence-electron chi connectivity index (χ2n) is 4.24. The molecule has 3 nitrogen and oxygen atoms in total. The van der Waals surface area contributed by atoms with Crippen molar-refractivity contribution in [2.75, 3.05) is 7.11 Å². The number of esters is 1.